The van der Waals surface area contributed by atoms with E-state index in [1.807, 2.05) is 0 Å². The third-order valence-electron chi connectivity index (χ3n) is 2.86. The number of nitrogens with one attached hydrogen (secondary N) is 2. The van der Waals surface area contributed by atoms with Crippen LogP contribution in [0.2, 0.25) is 0 Å². The number of halogens is 1. The van der Waals surface area contributed by atoms with Gasteiger partial charge in [0.05, 0.1) is 12.6 Å². The molecular weight excluding hydrogens is 328 g/mol. The Kier molecular flexibility index (Phi) is 6.63. The van der Waals surface area contributed by atoms with Crippen molar-refractivity contribution in [2.75, 3.05) is 6.61 Å². The minimum Gasteiger partial charge on any atom is -0.394 e. The maximum absolute atomic E-state index is 12.0. The molecule has 7 heteroatoms. The predicted octanol–water partition coefficient (Wildman–Crippen LogP) is 1.07. The normalized spacial score (nSPS) is 13.4. The Morgan fingerprint density at radius 3 is 2.40 bits per heavy atom. The lowest BCUT2D eigenvalue weighted by molar-refractivity contribution is -0.133. The first kappa shape index (κ1) is 16.6. The largest absolute Gasteiger partial charge is 0.394 e. The van der Waals surface area contributed by atoms with Gasteiger partial charge in [-0.05, 0) is 30.7 Å². The van der Waals surface area contributed by atoms with Crippen LogP contribution in [0.1, 0.15) is 23.7 Å². The molecule has 0 spiro atoms. The van der Waals surface area contributed by atoms with Crippen LogP contribution in [0.3, 0.4) is 0 Å². The molecule has 2 unspecified atom stereocenters. The molecule has 0 aliphatic heterocycles. The van der Waals surface area contributed by atoms with Gasteiger partial charge in [-0.25, -0.2) is 5.48 Å². The van der Waals surface area contributed by atoms with Gasteiger partial charge in [0.2, 0.25) is 5.91 Å². The lowest BCUT2D eigenvalue weighted by Gasteiger charge is -2.19. The molecule has 0 heterocycles. The highest BCUT2D eigenvalue weighted by Gasteiger charge is 2.20. The molecule has 0 radical (unpaired) electrons. The highest BCUT2D eigenvalue weighted by atomic mass is 79.9. The molecule has 1 aromatic carbocycles. The maximum atomic E-state index is 12.0. The monoisotopic (exact) mass is 344 g/mol. The van der Waals surface area contributed by atoms with E-state index in [0.29, 0.717) is 5.56 Å². The van der Waals surface area contributed by atoms with Gasteiger partial charge in [-0.2, -0.15) is 0 Å². The molecule has 0 bridgehead atoms. The van der Waals surface area contributed by atoms with Gasteiger partial charge in [0, 0.05) is 16.0 Å². The summed E-state index contributed by atoms with van der Waals surface area (Å²) >= 11 is 3.28. The van der Waals surface area contributed by atoms with Crippen LogP contribution >= 0.6 is 15.9 Å². The molecule has 6 nitrogen and oxygen atoms in total. The van der Waals surface area contributed by atoms with Crippen molar-refractivity contribution in [3.8, 4) is 0 Å². The van der Waals surface area contributed by atoms with Crippen molar-refractivity contribution in [2.45, 2.75) is 19.4 Å². The lowest BCUT2D eigenvalue weighted by Crippen LogP contribution is -2.40. The van der Waals surface area contributed by atoms with Gasteiger partial charge in [-0.3, -0.25) is 14.8 Å². The molecule has 0 aromatic heterocycles. The molecule has 0 saturated carbocycles. The van der Waals surface area contributed by atoms with Gasteiger partial charge in [-0.15, -0.1) is 0 Å². The molecule has 2 atom stereocenters. The van der Waals surface area contributed by atoms with Gasteiger partial charge >= 0.3 is 0 Å². The molecule has 0 aliphatic rings. The number of aliphatic hydroxyl groups excluding tert-OH is 1. The Labute approximate surface area is 125 Å². The zero-order valence-electron chi connectivity index (χ0n) is 11.0. The summed E-state index contributed by atoms with van der Waals surface area (Å²) in [4.78, 5) is 23.2. The molecule has 0 aliphatic carbocycles. The molecule has 4 N–H and O–H groups in total. The molecule has 0 saturated heterocycles. The average Bonchev–Trinajstić information content (AvgIpc) is 2.45. The minimum absolute atomic E-state index is 0.227. The summed E-state index contributed by atoms with van der Waals surface area (Å²) in [5.74, 6) is -1.41. The summed E-state index contributed by atoms with van der Waals surface area (Å²) in [6, 6.07) is 6.23. The lowest BCUT2D eigenvalue weighted by atomic mass is 10.0. The third kappa shape index (κ3) is 4.92. The number of hydrogen-bond acceptors (Lipinski definition) is 4. The number of aliphatic hydroxyl groups is 1. The van der Waals surface area contributed by atoms with E-state index in [4.69, 9.17) is 5.21 Å². The van der Waals surface area contributed by atoms with Crippen molar-refractivity contribution in [3.05, 3.63) is 34.3 Å². The van der Waals surface area contributed by atoms with Crippen molar-refractivity contribution in [1.82, 2.24) is 10.8 Å². The molecule has 2 amide bonds. The molecule has 0 fully saturated rings. The molecule has 20 heavy (non-hydrogen) atoms. The van der Waals surface area contributed by atoms with E-state index in [9.17, 15) is 14.7 Å². The summed E-state index contributed by atoms with van der Waals surface area (Å²) in [6.07, 6.45) is 0.227. The summed E-state index contributed by atoms with van der Waals surface area (Å²) < 4.78 is 0.862. The zero-order chi connectivity index (χ0) is 15.1. The second kappa shape index (κ2) is 7.98. The Morgan fingerprint density at radius 2 is 1.90 bits per heavy atom. The smallest absolute Gasteiger partial charge is 0.251 e. The Balaban J connectivity index is 2.61. The van der Waals surface area contributed by atoms with Gasteiger partial charge in [-0.1, -0.05) is 22.9 Å². The van der Waals surface area contributed by atoms with Crippen LogP contribution in [0, 0.1) is 5.92 Å². The third-order valence-corrected chi connectivity index (χ3v) is 3.39. The first-order valence-corrected chi connectivity index (χ1v) is 6.88. The van der Waals surface area contributed by atoms with E-state index in [1.165, 1.54) is 0 Å². The molecule has 110 valence electrons. The number of benzene rings is 1. The van der Waals surface area contributed by atoms with Gasteiger partial charge in [0.1, 0.15) is 0 Å². The van der Waals surface area contributed by atoms with E-state index < -0.39 is 17.9 Å². The fraction of sp³-hybridized carbons (Fsp3) is 0.385. The second-order valence-electron chi connectivity index (χ2n) is 4.47. The maximum Gasteiger partial charge on any atom is 0.251 e. The quantitative estimate of drug-likeness (QED) is 0.458. The van der Waals surface area contributed by atoms with Crippen molar-refractivity contribution < 1.29 is 19.9 Å². The van der Waals surface area contributed by atoms with Gasteiger partial charge < -0.3 is 10.4 Å². The van der Waals surface area contributed by atoms with Crippen LogP contribution in [-0.2, 0) is 4.79 Å². The standard InChI is InChI=1S/C13H17BrN2O4/c1-8(12(18)16-20)6-11(7-17)15-13(19)9-2-4-10(14)5-3-9/h2-5,8,11,17,20H,6-7H2,1H3,(H,15,19)(H,16,18). The predicted molar refractivity (Wildman–Crippen MR) is 76.2 cm³/mol. The first-order valence-electron chi connectivity index (χ1n) is 6.09. The van der Waals surface area contributed by atoms with Crippen LogP contribution in [0.15, 0.2) is 28.7 Å². The fourth-order valence-electron chi connectivity index (χ4n) is 1.69. The number of hydrogen-bond donors (Lipinski definition) is 4. The topological polar surface area (TPSA) is 98.7 Å². The highest BCUT2D eigenvalue weighted by molar-refractivity contribution is 9.10. The number of carbonyl (C=O) groups is 2. The summed E-state index contributed by atoms with van der Waals surface area (Å²) in [7, 11) is 0. The number of carbonyl (C=O) groups excluding carboxylic acids is 2. The number of rotatable bonds is 6. The van der Waals surface area contributed by atoms with E-state index in [0.717, 1.165) is 4.47 Å². The summed E-state index contributed by atoms with van der Waals surface area (Å²) in [5, 5.41) is 20.4. The van der Waals surface area contributed by atoms with E-state index in [2.05, 4.69) is 21.2 Å². The van der Waals surface area contributed by atoms with E-state index in [-0.39, 0.29) is 18.9 Å². The molecular formula is C13H17BrN2O4. The first-order chi connectivity index (χ1) is 9.47. The minimum atomic E-state index is -0.557. The molecule has 1 rings (SSSR count). The Bertz CT molecular complexity index is 464. The zero-order valence-corrected chi connectivity index (χ0v) is 12.6. The van der Waals surface area contributed by atoms with Crippen LogP contribution < -0.4 is 10.8 Å². The van der Waals surface area contributed by atoms with Crippen molar-refractivity contribution in [3.63, 3.8) is 0 Å². The summed E-state index contributed by atoms with van der Waals surface area (Å²) in [6.45, 7) is 1.31. The van der Waals surface area contributed by atoms with Crippen molar-refractivity contribution >= 4 is 27.7 Å². The van der Waals surface area contributed by atoms with Gasteiger partial charge in [0.25, 0.3) is 5.91 Å². The van der Waals surface area contributed by atoms with Crippen LogP contribution in [0.5, 0.6) is 0 Å². The fourth-order valence-corrected chi connectivity index (χ4v) is 1.96. The van der Waals surface area contributed by atoms with Crippen molar-refractivity contribution in [2.24, 2.45) is 5.92 Å². The van der Waals surface area contributed by atoms with E-state index >= 15 is 0 Å². The van der Waals surface area contributed by atoms with Crippen molar-refractivity contribution in [1.29, 1.82) is 0 Å². The average molecular weight is 345 g/mol. The Hall–Kier alpha value is -1.44. The SMILES string of the molecule is CC(CC(CO)NC(=O)c1ccc(Br)cc1)C(=O)NO. The Morgan fingerprint density at radius 1 is 1.30 bits per heavy atom. The van der Waals surface area contributed by atoms with Crippen LogP contribution in [-0.4, -0.2) is 34.8 Å². The highest BCUT2D eigenvalue weighted by Crippen LogP contribution is 2.11. The molecule has 1 aromatic rings. The number of hydroxylamine groups is 1. The van der Waals surface area contributed by atoms with E-state index in [1.54, 1.807) is 36.7 Å². The van der Waals surface area contributed by atoms with Crippen LogP contribution in [0.4, 0.5) is 0 Å². The van der Waals surface area contributed by atoms with Gasteiger partial charge in [0.15, 0.2) is 0 Å². The summed E-state index contributed by atoms with van der Waals surface area (Å²) in [5.41, 5.74) is 2.01. The number of amides is 2. The van der Waals surface area contributed by atoms with Crippen LogP contribution in [0.25, 0.3) is 0 Å². The second-order valence-corrected chi connectivity index (χ2v) is 5.39.